The van der Waals surface area contributed by atoms with Crippen molar-refractivity contribution in [2.24, 2.45) is 5.92 Å². The summed E-state index contributed by atoms with van der Waals surface area (Å²) in [5, 5.41) is 0. The van der Waals surface area contributed by atoms with Crippen molar-refractivity contribution in [2.75, 3.05) is 6.26 Å². The van der Waals surface area contributed by atoms with Crippen LogP contribution in [0.1, 0.15) is 30.9 Å². The van der Waals surface area contributed by atoms with Crippen LogP contribution in [0.15, 0.2) is 23.1 Å². The predicted octanol–water partition coefficient (Wildman–Crippen LogP) is 2.31. The Kier molecular flexibility index (Phi) is 1.87. The third kappa shape index (κ3) is 1.27. The molecular weight excluding hydrogens is 220 g/mol. The molecule has 3 rings (SSSR count). The number of benzene rings is 1. The van der Waals surface area contributed by atoms with Gasteiger partial charge in [0.05, 0.1) is 4.90 Å². The van der Waals surface area contributed by atoms with Crippen LogP contribution in [0.2, 0.25) is 0 Å². The fraction of sp³-hybridized carbons (Fsp3) is 0.538. The summed E-state index contributed by atoms with van der Waals surface area (Å²) in [5.41, 5.74) is 3.00. The van der Waals surface area contributed by atoms with Crippen molar-refractivity contribution < 1.29 is 8.42 Å². The maximum absolute atomic E-state index is 11.5. The van der Waals surface area contributed by atoms with Crippen LogP contribution in [-0.2, 0) is 21.7 Å². The van der Waals surface area contributed by atoms with E-state index in [-0.39, 0.29) is 0 Å². The Hall–Kier alpha value is -0.830. The molecule has 1 aromatic rings. The number of rotatable bonds is 1. The molecule has 0 amide bonds. The molecule has 3 heteroatoms. The van der Waals surface area contributed by atoms with E-state index in [1.165, 1.54) is 30.2 Å². The van der Waals surface area contributed by atoms with Gasteiger partial charge in [-0.25, -0.2) is 8.42 Å². The molecule has 0 heterocycles. The van der Waals surface area contributed by atoms with Crippen LogP contribution >= 0.6 is 0 Å². The summed E-state index contributed by atoms with van der Waals surface area (Å²) in [7, 11) is -3.06. The highest BCUT2D eigenvalue weighted by atomic mass is 32.2. The summed E-state index contributed by atoms with van der Waals surface area (Å²) >= 11 is 0. The van der Waals surface area contributed by atoms with Crippen molar-refractivity contribution in [1.82, 2.24) is 0 Å². The zero-order valence-corrected chi connectivity index (χ0v) is 10.5. The molecule has 2 nitrogen and oxygen atoms in total. The highest BCUT2D eigenvalue weighted by molar-refractivity contribution is 7.90. The van der Waals surface area contributed by atoms with E-state index in [1.54, 1.807) is 6.07 Å². The van der Waals surface area contributed by atoms with Gasteiger partial charge in [0, 0.05) is 6.26 Å². The van der Waals surface area contributed by atoms with Crippen LogP contribution in [0.25, 0.3) is 0 Å². The molecule has 2 aliphatic rings. The number of hydrogen-bond donors (Lipinski definition) is 0. The molecule has 86 valence electrons. The smallest absolute Gasteiger partial charge is 0.175 e. The van der Waals surface area contributed by atoms with Gasteiger partial charge in [0.2, 0.25) is 0 Å². The van der Waals surface area contributed by atoms with Crippen LogP contribution in [0.4, 0.5) is 0 Å². The Morgan fingerprint density at radius 2 is 2.06 bits per heavy atom. The van der Waals surface area contributed by atoms with Gasteiger partial charge >= 0.3 is 0 Å². The number of hydrogen-bond acceptors (Lipinski definition) is 2. The molecule has 0 aromatic heterocycles. The van der Waals surface area contributed by atoms with Crippen LogP contribution in [-0.4, -0.2) is 14.7 Å². The normalized spacial score (nSPS) is 31.8. The molecular formula is C13H16O2S. The first kappa shape index (κ1) is 10.3. The van der Waals surface area contributed by atoms with Crippen molar-refractivity contribution in [1.29, 1.82) is 0 Å². The Morgan fingerprint density at radius 1 is 1.38 bits per heavy atom. The van der Waals surface area contributed by atoms with Crippen LogP contribution < -0.4 is 0 Å². The molecule has 2 aliphatic carbocycles. The third-order valence-electron chi connectivity index (χ3n) is 4.34. The minimum atomic E-state index is -3.06. The first-order valence-corrected chi connectivity index (χ1v) is 7.66. The van der Waals surface area contributed by atoms with E-state index in [9.17, 15) is 8.42 Å². The maximum atomic E-state index is 11.5. The fourth-order valence-electron chi connectivity index (χ4n) is 3.17. The lowest BCUT2D eigenvalue weighted by Crippen LogP contribution is -2.05. The summed E-state index contributed by atoms with van der Waals surface area (Å²) in [4.78, 5) is 0.478. The van der Waals surface area contributed by atoms with Gasteiger partial charge in [-0.2, -0.15) is 0 Å². The van der Waals surface area contributed by atoms with E-state index in [2.05, 4.69) is 6.92 Å². The SMILES string of the molecule is CC1CC12CCc1ccc(S(C)(=O)=O)cc12. The first-order chi connectivity index (χ1) is 7.43. The van der Waals surface area contributed by atoms with Gasteiger partial charge < -0.3 is 0 Å². The summed E-state index contributed by atoms with van der Waals surface area (Å²) in [6.45, 7) is 2.27. The molecule has 1 saturated carbocycles. The second kappa shape index (κ2) is 2.89. The lowest BCUT2D eigenvalue weighted by Gasteiger charge is -2.11. The Balaban J connectivity index is 2.16. The molecule has 1 spiro atoms. The average Bonchev–Trinajstić information content (AvgIpc) is 2.69. The number of sulfone groups is 1. The van der Waals surface area contributed by atoms with Crippen molar-refractivity contribution in [3.8, 4) is 0 Å². The molecule has 2 unspecified atom stereocenters. The van der Waals surface area contributed by atoms with Gasteiger partial charge in [0.25, 0.3) is 0 Å². The largest absolute Gasteiger partial charge is 0.224 e. The molecule has 0 bridgehead atoms. The molecule has 1 fully saturated rings. The van der Waals surface area contributed by atoms with Gasteiger partial charge in [-0.15, -0.1) is 0 Å². The minimum Gasteiger partial charge on any atom is -0.224 e. The van der Waals surface area contributed by atoms with E-state index in [4.69, 9.17) is 0 Å². The van der Waals surface area contributed by atoms with Crippen LogP contribution in [0.3, 0.4) is 0 Å². The quantitative estimate of drug-likeness (QED) is 0.750. The first-order valence-electron chi connectivity index (χ1n) is 5.77. The average molecular weight is 236 g/mol. The van der Waals surface area contributed by atoms with Gasteiger partial charge in [-0.3, -0.25) is 0 Å². The van der Waals surface area contributed by atoms with E-state index in [0.29, 0.717) is 10.3 Å². The van der Waals surface area contributed by atoms with Gasteiger partial charge in [0.1, 0.15) is 0 Å². The third-order valence-corrected chi connectivity index (χ3v) is 5.45. The lowest BCUT2D eigenvalue weighted by atomic mass is 9.96. The van der Waals surface area contributed by atoms with Crippen molar-refractivity contribution >= 4 is 9.84 Å². The monoisotopic (exact) mass is 236 g/mol. The van der Waals surface area contributed by atoms with E-state index in [1.807, 2.05) is 12.1 Å². The molecule has 0 aliphatic heterocycles. The Morgan fingerprint density at radius 3 is 2.62 bits per heavy atom. The number of aryl methyl sites for hydroxylation is 1. The van der Waals surface area contributed by atoms with Gasteiger partial charge in [-0.05, 0) is 53.9 Å². The second-order valence-electron chi connectivity index (χ2n) is 5.35. The standard InChI is InChI=1S/C13H16O2S/c1-9-8-13(9)6-5-10-3-4-11(7-12(10)13)16(2,14)15/h3-4,7,9H,5-6,8H2,1-2H3. The summed E-state index contributed by atoms with van der Waals surface area (Å²) in [6, 6.07) is 5.67. The Bertz CT molecular complexity index is 559. The fourth-order valence-corrected chi connectivity index (χ4v) is 3.82. The van der Waals surface area contributed by atoms with Gasteiger partial charge in [-0.1, -0.05) is 13.0 Å². The Labute approximate surface area is 96.6 Å². The zero-order chi connectivity index (χ0) is 11.6. The summed E-state index contributed by atoms with van der Waals surface area (Å²) in [6.07, 6.45) is 4.83. The summed E-state index contributed by atoms with van der Waals surface area (Å²) in [5.74, 6) is 0.726. The van der Waals surface area contributed by atoms with E-state index >= 15 is 0 Å². The van der Waals surface area contributed by atoms with Gasteiger partial charge in [0.15, 0.2) is 9.84 Å². The lowest BCUT2D eigenvalue weighted by molar-refractivity contribution is 0.600. The van der Waals surface area contributed by atoms with E-state index < -0.39 is 9.84 Å². The molecule has 2 atom stereocenters. The molecule has 0 saturated heterocycles. The predicted molar refractivity (Wildman–Crippen MR) is 63.3 cm³/mol. The molecule has 0 radical (unpaired) electrons. The topological polar surface area (TPSA) is 34.1 Å². The van der Waals surface area contributed by atoms with Crippen LogP contribution in [0, 0.1) is 5.92 Å². The van der Waals surface area contributed by atoms with Crippen LogP contribution in [0.5, 0.6) is 0 Å². The second-order valence-corrected chi connectivity index (χ2v) is 7.37. The minimum absolute atomic E-state index is 0.329. The highest BCUT2D eigenvalue weighted by Crippen LogP contribution is 2.61. The van der Waals surface area contributed by atoms with Crippen molar-refractivity contribution in [2.45, 2.75) is 36.5 Å². The zero-order valence-electron chi connectivity index (χ0n) is 9.66. The number of fused-ring (bicyclic) bond motifs is 2. The van der Waals surface area contributed by atoms with E-state index in [0.717, 1.165) is 12.3 Å². The molecule has 0 N–H and O–H groups in total. The summed E-state index contributed by atoms with van der Waals surface area (Å²) < 4.78 is 23.1. The highest BCUT2D eigenvalue weighted by Gasteiger charge is 2.55. The van der Waals surface area contributed by atoms with Crippen molar-refractivity contribution in [3.63, 3.8) is 0 Å². The molecule has 16 heavy (non-hydrogen) atoms. The maximum Gasteiger partial charge on any atom is 0.175 e. The molecule has 1 aromatic carbocycles. The van der Waals surface area contributed by atoms with Crippen molar-refractivity contribution in [3.05, 3.63) is 29.3 Å².